The molecule has 14 heavy (non-hydrogen) atoms. The van der Waals surface area contributed by atoms with Crippen molar-refractivity contribution in [1.82, 2.24) is 9.55 Å². The maximum atomic E-state index is 9.69. The third-order valence-corrected chi connectivity index (χ3v) is 2.70. The third-order valence-electron chi connectivity index (χ3n) is 2.70. The zero-order valence-corrected chi connectivity index (χ0v) is 9.27. The lowest BCUT2D eigenvalue weighted by Crippen LogP contribution is -2.33. The van der Waals surface area contributed by atoms with Crippen LogP contribution in [0.15, 0.2) is 12.4 Å². The van der Waals surface area contributed by atoms with Crippen molar-refractivity contribution in [2.75, 3.05) is 0 Å². The second kappa shape index (κ2) is 5.15. The van der Waals surface area contributed by atoms with Crippen molar-refractivity contribution < 1.29 is 5.11 Å². The Kier molecular flexibility index (Phi) is 4.14. The predicted molar refractivity (Wildman–Crippen MR) is 57.1 cm³/mol. The largest absolute Gasteiger partial charge is 0.391 e. The van der Waals surface area contributed by atoms with E-state index in [2.05, 4.69) is 11.9 Å². The van der Waals surface area contributed by atoms with E-state index in [9.17, 15) is 5.11 Å². The first-order chi connectivity index (χ1) is 6.81. The van der Waals surface area contributed by atoms with E-state index >= 15 is 0 Å². The summed E-state index contributed by atoms with van der Waals surface area (Å²) in [7, 11) is 0. The predicted octanol–water partition coefficient (Wildman–Crippen LogP) is 1.85. The first-order valence-electron chi connectivity index (χ1n) is 5.49. The lowest BCUT2D eigenvalue weighted by Gasteiger charge is -2.27. The monoisotopic (exact) mass is 196 g/mol. The number of aromatic nitrogens is 2. The van der Waals surface area contributed by atoms with Crippen LogP contribution in [0.4, 0.5) is 0 Å². The van der Waals surface area contributed by atoms with Crippen molar-refractivity contribution in [2.24, 2.45) is 5.92 Å². The van der Waals surface area contributed by atoms with Gasteiger partial charge in [0, 0.05) is 18.8 Å². The van der Waals surface area contributed by atoms with E-state index in [1.54, 1.807) is 6.20 Å². The number of aliphatic hydroxyl groups excluding tert-OH is 1. The van der Waals surface area contributed by atoms with Gasteiger partial charge in [0.2, 0.25) is 0 Å². The number of rotatable bonds is 1. The van der Waals surface area contributed by atoms with Crippen LogP contribution in [0.2, 0.25) is 0 Å². The maximum absolute atomic E-state index is 9.69. The van der Waals surface area contributed by atoms with Gasteiger partial charge in [0.25, 0.3) is 0 Å². The standard InChI is InChI=1S/C9H14N2O.C2H6/c1-2-7-5-9-10-3-4-11(9)6-8(7)12;1-2/h3-4,7-8,12H,2,5-6H2,1H3;1-2H3. The molecule has 1 aromatic rings. The van der Waals surface area contributed by atoms with Crippen LogP contribution >= 0.6 is 0 Å². The van der Waals surface area contributed by atoms with E-state index in [4.69, 9.17) is 0 Å². The molecule has 3 nitrogen and oxygen atoms in total. The van der Waals surface area contributed by atoms with Gasteiger partial charge in [-0.25, -0.2) is 4.98 Å². The van der Waals surface area contributed by atoms with E-state index in [0.717, 1.165) is 18.7 Å². The van der Waals surface area contributed by atoms with Gasteiger partial charge in [-0.3, -0.25) is 0 Å². The number of imidazole rings is 1. The van der Waals surface area contributed by atoms with E-state index in [1.165, 1.54) is 0 Å². The summed E-state index contributed by atoms with van der Waals surface area (Å²) in [4.78, 5) is 4.24. The molecule has 0 amide bonds. The van der Waals surface area contributed by atoms with Gasteiger partial charge in [0.05, 0.1) is 12.6 Å². The van der Waals surface area contributed by atoms with Crippen LogP contribution < -0.4 is 0 Å². The molecular weight excluding hydrogens is 176 g/mol. The van der Waals surface area contributed by atoms with Gasteiger partial charge in [0.15, 0.2) is 0 Å². The molecule has 0 aromatic carbocycles. The highest BCUT2D eigenvalue weighted by Gasteiger charge is 2.25. The second-order valence-corrected chi connectivity index (χ2v) is 3.44. The lowest BCUT2D eigenvalue weighted by atomic mass is 9.92. The van der Waals surface area contributed by atoms with Crippen LogP contribution in [0.3, 0.4) is 0 Å². The molecule has 0 saturated heterocycles. The molecule has 0 spiro atoms. The molecule has 1 aliphatic rings. The van der Waals surface area contributed by atoms with Gasteiger partial charge in [-0.15, -0.1) is 0 Å². The molecule has 0 saturated carbocycles. The van der Waals surface area contributed by atoms with Gasteiger partial charge in [-0.05, 0) is 5.92 Å². The smallest absolute Gasteiger partial charge is 0.109 e. The zero-order valence-electron chi connectivity index (χ0n) is 9.27. The fraction of sp³-hybridized carbons (Fsp3) is 0.727. The SMILES string of the molecule is CC.CCC1Cc2nccn2CC1O. The zero-order chi connectivity index (χ0) is 10.6. The fourth-order valence-corrected chi connectivity index (χ4v) is 1.83. The van der Waals surface area contributed by atoms with Gasteiger partial charge in [-0.1, -0.05) is 27.2 Å². The van der Waals surface area contributed by atoms with E-state index in [-0.39, 0.29) is 6.10 Å². The highest BCUT2D eigenvalue weighted by Crippen LogP contribution is 2.21. The van der Waals surface area contributed by atoms with Gasteiger partial charge in [-0.2, -0.15) is 0 Å². The number of hydrogen-bond acceptors (Lipinski definition) is 2. The summed E-state index contributed by atoms with van der Waals surface area (Å²) in [5.41, 5.74) is 0. The van der Waals surface area contributed by atoms with Crippen LogP contribution in [0.1, 0.15) is 33.0 Å². The minimum absolute atomic E-state index is 0.184. The summed E-state index contributed by atoms with van der Waals surface area (Å²) in [5.74, 6) is 1.52. The van der Waals surface area contributed by atoms with E-state index < -0.39 is 0 Å². The maximum Gasteiger partial charge on any atom is 0.109 e. The van der Waals surface area contributed by atoms with Crippen LogP contribution in [0, 0.1) is 5.92 Å². The Balaban J connectivity index is 0.000000461. The first kappa shape index (κ1) is 11.2. The van der Waals surface area contributed by atoms with Crippen molar-refractivity contribution in [2.45, 2.75) is 46.3 Å². The fourth-order valence-electron chi connectivity index (χ4n) is 1.83. The van der Waals surface area contributed by atoms with Crippen LogP contribution in [0.5, 0.6) is 0 Å². The van der Waals surface area contributed by atoms with Gasteiger partial charge >= 0.3 is 0 Å². The van der Waals surface area contributed by atoms with Gasteiger partial charge < -0.3 is 9.67 Å². The second-order valence-electron chi connectivity index (χ2n) is 3.44. The van der Waals surface area contributed by atoms with Crippen molar-refractivity contribution in [1.29, 1.82) is 0 Å². The average molecular weight is 196 g/mol. The summed E-state index contributed by atoms with van der Waals surface area (Å²) < 4.78 is 2.04. The highest BCUT2D eigenvalue weighted by molar-refractivity contribution is 4.99. The van der Waals surface area contributed by atoms with Crippen LogP contribution in [-0.4, -0.2) is 20.8 Å². The van der Waals surface area contributed by atoms with Gasteiger partial charge in [0.1, 0.15) is 5.82 Å². The Labute approximate surface area is 85.8 Å². The molecular formula is C11H20N2O. The molecule has 2 rings (SSSR count). The van der Waals surface area contributed by atoms with Crippen LogP contribution in [-0.2, 0) is 13.0 Å². The summed E-state index contributed by atoms with van der Waals surface area (Å²) in [6.07, 6.45) is 5.51. The summed E-state index contributed by atoms with van der Waals surface area (Å²) in [5, 5.41) is 9.69. The molecule has 2 heterocycles. The Hall–Kier alpha value is -0.830. The molecule has 1 aliphatic heterocycles. The molecule has 0 radical (unpaired) electrons. The number of fused-ring (bicyclic) bond motifs is 1. The van der Waals surface area contributed by atoms with Crippen molar-refractivity contribution >= 4 is 0 Å². The van der Waals surface area contributed by atoms with E-state index in [1.807, 2.05) is 24.6 Å². The molecule has 2 atom stereocenters. The molecule has 0 bridgehead atoms. The Morgan fingerprint density at radius 2 is 2.29 bits per heavy atom. The molecule has 0 fully saturated rings. The Morgan fingerprint density at radius 1 is 1.57 bits per heavy atom. The van der Waals surface area contributed by atoms with Crippen molar-refractivity contribution in [3.8, 4) is 0 Å². The van der Waals surface area contributed by atoms with Crippen molar-refractivity contribution in [3.63, 3.8) is 0 Å². The third kappa shape index (κ3) is 2.15. The normalized spacial score (nSPS) is 24.9. The first-order valence-corrected chi connectivity index (χ1v) is 5.49. The highest BCUT2D eigenvalue weighted by atomic mass is 16.3. The molecule has 80 valence electrons. The van der Waals surface area contributed by atoms with Crippen molar-refractivity contribution in [3.05, 3.63) is 18.2 Å². The quantitative estimate of drug-likeness (QED) is 0.744. The van der Waals surface area contributed by atoms with Crippen LogP contribution in [0.25, 0.3) is 0 Å². The minimum Gasteiger partial charge on any atom is -0.391 e. The lowest BCUT2D eigenvalue weighted by molar-refractivity contribution is 0.0713. The molecule has 3 heteroatoms. The molecule has 0 aliphatic carbocycles. The molecule has 2 unspecified atom stereocenters. The summed E-state index contributed by atoms with van der Waals surface area (Å²) in [6, 6.07) is 0. The number of aliphatic hydroxyl groups is 1. The van der Waals surface area contributed by atoms with E-state index in [0.29, 0.717) is 12.5 Å². The molecule has 1 N–H and O–H groups in total. The minimum atomic E-state index is -0.184. The Morgan fingerprint density at radius 3 is 2.93 bits per heavy atom. The Bertz CT molecular complexity index is 270. The molecule has 1 aromatic heterocycles. The average Bonchev–Trinajstić information content (AvgIpc) is 2.66. The topological polar surface area (TPSA) is 38.0 Å². The number of hydrogen-bond donors (Lipinski definition) is 1. The summed E-state index contributed by atoms with van der Waals surface area (Å²) >= 11 is 0. The summed E-state index contributed by atoms with van der Waals surface area (Å²) in [6.45, 7) is 6.83. The number of nitrogens with zero attached hydrogens (tertiary/aromatic N) is 2.